The highest BCUT2D eigenvalue weighted by Crippen LogP contribution is 2.26. The largest absolute Gasteiger partial charge is 0.457 e. The highest BCUT2D eigenvalue weighted by atomic mass is 16.7. The zero-order valence-electron chi connectivity index (χ0n) is 34.4. The summed E-state index contributed by atoms with van der Waals surface area (Å²) in [5, 5.41) is 71.7. The van der Waals surface area contributed by atoms with Crippen molar-refractivity contribution in [1.82, 2.24) is 0 Å². The second-order valence-corrected chi connectivity index (χ2v) is 15.5. The fraction of sp³-hybridized carbons (Fsp3) is 0.929. The van der Waals surface area contributed by atoms with Crippen molar-refractivity contribution in [3.8, 4) is 0 Å². The summed E-state index contributed by atoms with van der Waals surface area (Å²) in [5.74, 6) is -0.381. The molecule has 2 aliphatic rings. The maximum Gasteiger partial charge on any atom is 0.306 e. The molecule has 2 rings (SSSR count). The molecule has 14 nitrogen and oxygen atoms in total. The number of carbonyl (C=O) groups is 1. The van der Waals surface area contributed by atoms with Crippen LogP contribution in [0.1, 0.15) is 149 Å². The van der Waals surface area contributed by atoms with Crippen LogP contribution >= 0.6 is 0 Å². The van der Waals surface area contributed by atoms with Gasteiger partial charge in [0.2, 0.25) is 0 Å². The lowest BCUT2D eigenvalue weighted by molar-refractivity contribution is -0.332. The van der Waals surface area contributed by atoms with Gasteiger partial charge in [0.1, 0.15) is 54.9 Å². The number of aliphatic hydroxyl groups is 7. The molecule has 2 fully saturated rings. The van der Waals surface area contributed by atoms with Crippen LogP contribution in [0.2, 0.25) is 0 Å². The molecule has 56 heavy (non-hydrogen) atoms. The lowest BCUT2D eigenvalue weighted by Crippen LogP contribution is -2.61. The van der Waals surface area contributed by atoms with Gasteiger partial charge in [0.15, 0.2) is 12.6 Å². The van der Waals surface area contributed by atoms with E-state index in [1.165, 1.54) is 70.6 Å². The van der Waals surface area contributed by atoms with Gasteiger partial charge in [-0.25, -0.2) is 0 Å². The predicted molar refractivity (Wildman–Crippen MR) is 210 cm³/mol. The lowest BCUT2D eigenvalue weighted by atomic mass is 9.98. The first-order valence-corrected chi connectivity index (χ1v) is 21.8. The molecule has 0 aromatic rings. The van der Waals surface area contributed by atoms with E-state index in [4.69, 9.17) is 28.4 Å². The number of unbranched alkanes of at least 4 members (excludes halogenated alkanes) is 17. The molecule has 0 saturated carbocycles. The predicted octanol–water partition coefficient (Wildman–Crippen LogP) is 4.34. The van der Waals surface area contributed by atoms with Gasteiger partial charge < -0.3 is 64.2 Å². The van der Waals surface area contributed by atoms with Gasteiger partial charge in [-0.2, -0.15) is 0 Å². The fourth-order valence-electron chi connectivity index (χ4n) is 6.87. The molecule has 0 amide bonds. The number of esters is 1. The first kappa shape index (κ1) is 50.9. The van der Waals surface area contributed by atoms with E-state index in [1.54, 1.807) is 0 Å². The van der Waals surface area contributed by atoms with Crippen LogP contribution in [0.5, 0.6) is 0 Å². The summed E-state index contributed by atoms with van der Waals surface area (Å²) in [6.45, 7) is 3.59. The van der Waals surface area contributed by atoms with Crippen molar-refractivity contribution < 1.29 is 69.0 Å². The van der Waals surface area contributed by atoms with Crippen molar-refractivity contribution in [2.45, 2.75) is 216 Å². The fourth-order valence-corrected chi connectivity index (χ4v) is 6.87. The van der Waals surface area contributed by atoms with Crippen molar-refractivity contribution in [3.05, 3.63) is 12.2 Å². The SMILES string of the molecule is CCC/C=C\CCCCCCCCOCC(COC1OC(COC2OC(CO)C(O)C(O)C2O)C(O)C(O)C1O)OC(=O)CCCCCCCCCCCCC. The van der Waals surface area contributed by atoms with Crippen molar-refractivity contribution in [2.75, 3.05) is 33.0 Å². The third-order valence-corrected chi connectivity index (χ3v) is 10.5. The average Bonchev–Trinajstić information content (AvgIpc) is 3.19. The summed E-state index contributed by atoms with van der Waals surface area (Å²) in [5.41, 5.74) is 0. The number of hydrogen-bond acceptors (Lipinski definition) is 14. The summed E-state index contributed by atoms with van der Waals surface area (Å²) < 4.78 is 34.0. The van der Waals surface area contributed by atoms with Crippen LogP contribution in [-0.4, -0.2) is 142 Å². The van der Waals surface area contributed by atoms with Crippen LogP contribution < -0.4 is 0 Å². The summed E-state index contributed by atoms with van der Waals surface area (Å²) >= 11 is 0. The molecule has 7 N–H and O–H groups in total. The van der Waals surface area contributed by atoms with E-state index in [0.29, 0.717) is 13.0 Å². The summed E-state index contributed by atoms with van der Waals surface area (Å²) in [7, 11) is 0. The monoisotopic (exact) mass is 807 g/mol. The number of aliphatic hydroxyl groups excluding tert-OH is 7. The van der Waals surface area contributed by atoms with Crippen LogP contribution in [0.4, 0.5) is 0 Å². The first-order valence-electron chi connectivity index (χ1n) is 21.8. The minimum atomic E-state index is -1.70. The minimum Gasteiger partial charge on any atom is -0.457 e. The molecule has 11 atom stereocenters. The topological polar surface area (TPSA) is 214 Å². The second kappa shape index (κ2) is 31.6. The number of ether oxygens (including phenoxy) is 6. The highest BCUT2D eigenvalue weighted by Gasteiger charge is 2.47. The normalized spacial score (nSPS) is 28.9. The molecule has 14 heteroatoms. The smallest absolute Gasteiger partial charge is 0.306 e. The maximum absolute atomic E-state index is 12.9. The molecular weight excluding hydrogens is 728 g/mol. The van der Waals surface area contributed by atoms with E-state index < -0.39 is 80.7 Å². The Morgan fingerprint density at radius 3 is 1.70 bits per heavy atom. The van der Waals surface area contributed by atoms with Gasteiger partial charge in [0.05, 0.1) is 26.4 Å². The molecule has 0 aromatic heterocycles. The molecule has 2 aliphatic heterocycles. The summed E-state index contributed by atoms with van der Waals surface area (Å²) in [4.78, 5) is 12.9. The molecule has 0 spiro atoms. The quantitative estimate of drug-likeness (QED) is 0.0279. The standard InChI is InChI=1S/C42H78O14/c1-3-5-7-9-11-13-15-17-19-21-23-25-34(44)54-31(28-51-26-24-22-20-18-16-14-12-10-8-6-4-2)29-52-41-40(50)38(48)36(46)33(56-41)30-53-42-39(49)37(47)35(45)32(27-43)55-42/h8,10,31-33,35-43,45-50H,3-7,9,11-30H2,1-2H3/b10-8-. The average molecular weight is 807 g/mol. The molecule has 2 saturated heterocycles. The molecular formula is C42H78O14. The van der Waals surface area contributed by atoms with Crippen LogP contribution in [0.15, 0.2) is 12.2 Å². The van der Waals surface area contributed by atoms with Crippen molar-refractivity contribution in [3.63, 3.8) is 0 Å². The Bertz CT molecular complexity index is 985. The molecule has 2 heterocycles. The number of rotatable bonds is 33. The van der Waals surface area contributed by atoms with E-state index in [2.05, 4.69) is 26.0 Å². The van der Waals surface area contributed by atoms with E-state index >= 15 is 0 Å². The van der Waals surface area contributed by atoms with Crippen molar-refractivity contribution in [2.24, 2.45) is 0 Å². The van der Waals surface area contributed by atoms with Gasteiger partial charge >= 0.3 is 5.97 Å². The van der Waals surface area contributed by atoms with Gasteiger partial charge in [0, 0.05) is 13.0 Å². The lowest BCUT2D eigenvalue weighted by Gasteiger charge is -2.42. The van der Waals surface area contributed by atoms with E-state index in [1.807, 2.05) is 0 Å². The van der Waals surface area contributed by atoms with Gasteiger partial charge in [-0.3, -0.25) is 4.79 Å². The molecule has 330 valence electrons. The summed E-state index contributed by atoms with van der Waals surface area (Å²) in [6, 6.07) is 0. The minimum absolute atomic E-state index is 0.0612. The van der Waals surface area contributed by atoms with E-state index in [0.717, 1.165) is 51.4 Å². The van der Waals surface area contributed by atoms with Crippen molar-refractivity contribution >= 4 is 5.97 Å². The first-order chi connectivity index (χ1) is 27.1. The Balaban J connectivity index is 1.84. The number of hydrogen-bond donors (Lipinski definition) is 7. The second-order valence-electron chi connectivity index (χ2n) is 15.5. The molecule has 0 bridgehead atoms. The van der Waals surface area contributed by atoms with Crippen LogP contribution in [0, 0.1) is 0 Å². The van der Waals surface area contributed by atoms with E-state index in [9.17, 15) is 40.5 Å². The highest BCUT2D eigenvalue weighted by molar-refractivity contribution is 5.69. The number of allylic oxidation sites excluding steroid dienone is 2. The van der Waals surface area contributed by atoms with Crippen LogP contribution in [-0.2, 0) is 33.2 Å². The Morgan fingerprint density at radius 2 is 1.09 bits per heavy atom. The Kier molecular flexibility index (Phi) is 28.7. The third-order valence-electron chi connectivity index (χ3n) is 10.5. The Morgan fingerprint density at radius 1 is 0.571 bits per heavy atom. The summed E-state index contributed by atoms with van der Waals surface area (Å²) in [6.07, 6.45) is 11.5. The third kappa shape index (κ3) is 20.6. The molecule has 0 aliphatic carbocycles. The van der Waals surface area contributed by atoms with Crippen LogP contribution in [0.3, 0.4) is 0 Å². The maximum atomic E-state index is 12.9. The zero-order valence-corrected chi connectivity index (χ0v) is 34.4. The van der Waals surface area contributed by atoms with Gasteiger partial charge in [-0.05, 0) is 32.1 Å². The Hall–Kier alpha value is -1.27. The van der Waals surface area contributed by atoms with Gasteiger partial charge in [0.25, 0.3) is 0 Å². The molecule has 11 unspecified atom stereocenters. The zero-order chi connectivity index (χ0) is 41.0. The molecule has 0 radical (unpaired) electrons. The van der Waals surface area contributed by atoms with Gasteiger partial charge in [-0.15, -0.1) is 0 Å². The van der Waals surface area contributed by atoms with E-state index in [-0.39, 0.29) is 25.6 Å². The molecule has 0 aromatic carbocycles. The van der Waals surface area contributed by atoms with Crippen molar-refractivity contribution in [1.29, 1.82) is 0 Å². The van der Waals surface area contributed by atoms with Crippen LogP contribution in [0.25, 0.3) is 0 Å². The Labute approximate surface area is 335 Å². The van der Waals surface area contributed by atoms with Gasteiger partial charge in [-0.1, -0.05) is 122 Å². The number of carbonyl (C=O) groups excluding carboxylic acids is 1.